The maximum Gasteiger partial charge on any atom is 0.224 e. The number of hydrogen-bond acceptors (Lipinski definition) is 3. The van der Waals surface area contributed by atoms with Crippen molar-refractivity contribution in [2.75, 3.05) is 32.9 Å². The highest BCUT2D eigenvalue weighted by atomic mass is 19.1. The van der Waals surface area contributed by atoms with Crippen LogP contribution in [0, 0.1) is 11.7 Å². The standard InChI is InChI=1S/C17H24FNO3/c1-2-21-10-8-17(20)19-9-4-5-14(12-19)13-22-16-7-3-6-15(18)11-16/h3,6-7,11,14H,2,4-5,8-10,12-13H2,1H3/t14-/m1/s1. The van der Waals surface area contributed by atoms with Crippen molar-refractivity contribution in [3.8, 4) is 5.75 Å². The van der Waals surface area contributed by atoms with Crippen LogP contribution in [0.4, 0.5) is 4.39 Å². The van der Waals surface area contributed by atoms with Gasteiger partial charge in [0.1, 0.15) is 11.6 Å². The molecule has 1 aliphatic heterocycles. The molecule has 0 aromatic heterocycles. The number of nitrogens with zero attached hydrogens (tertiary/aromatic N) is 1. The van der Waals surface area contributed by atoms with Crippen molar-refractivity contribution in [1.29, 1.82) is 0 Å². The van der Waals surface area contributed by atoms with Crippen LogP contribution in [-0.2, 0) is 9.53 Å². The molecule has 0 saturated carbocycles. The molecule has 0 radical (unpaired) electrons. The molecule has 1 fully saturated rings. The fourth-order valence-corrected chi connectivity index (χ4v) is 2.66. The Morgan fingerprint density at radius 2 is 2.32 bits per heavy atom. The number of halogens is 1. The van der Waals surface area contributed by atoms with Crippen molar-refractivity contribution in [3.63, 3.8) is 0 Å². The second-order valence-corrected chi connectivity index (χ2v) is 5.56. The molecular weight excluding hydrogens is 285 g/mol. The van der Waals surface area contributed by atoms with E-state index in [4.69, 9.17) is 9.47 Å². The Bertz CT molecular complexity index is 481. The molecule has 1 saturated heterocycles. The summed E-state index contributed by atoms with van der Waals surface area (Å²) in [4.78, 5) is 14.0. The smallest absolute Gasteiger partial charge is 0.224 e. The maximum atomic E-state index is 13.1. The van der Waals surface area contributed by atoms with Crippen molar-refractivity contribution in [1.82, 2.24) is 4.90 Å². The highest BCUT2D eigenvalue weighted by Crippen LogP contribution is 2.20. The van der Waals surface area contributed by atoms with Gasteiger partial charge in [-0.05, 0) is 31.9 Å². The molecule has 2 rings (SSSR count). The van der Waals surface area contributed by atoms with Crippen molar-refractivity contribution >= 4 is 5.91 Å². The van der Waals surface area contributed by atoms with Gasteiger partial charge >= 0.3 is 0 Å². The van der Waals surface area contributed by atoms with Gasteiger partial charge in [0.25, 0.3) is 0 Å². The molecule has 5 heteroatoms. The molecule has 1 aromatic carbocycles. The van der Waals surface area contributed by atoms with E-state index in [1.54, 1.807) is 12.1 Å². The summed E-state index contributed by atoms with van der Waals surface area (Å²) in [6.45, 7) is 5.07. The number of benzene rings is 1. The predicted octanol–water partition coefficient (Wildman–Crippen LogP) is 2.87. The van der Waals surface area contributed by atoms with E-state index in [9.17, 15) is 9.18 Å². The topological polar surface area (TPSA) is 38.8 Å². The van der Waals surface area contributed by atoms with Crippen LogP contribution < -0.4 is 4.74 Å². The second kappa shape index (κ2) is 8.73. The Labute approximate surface area is 131 Å². The molecule has 1 heterocycles. The number of amides is 1. The molecular formula is C17H24FNO3. The first kappa shape index (κ1) is 16.7. The minimum Gasteiger partial charge on any atom is -0.493 e. The van der Waals surface area contributed by atoms with E-state index in [1.165, 1.54) is 12.1 Å². The fourth-order valence-electron chi connectivity index (χ4n) is 2.66. The number of piperidine rings is 1. The third-order valence-corrected chi connectivity index (χ3v) is 3.82. The van der Waals surface area contributed by atoms with Crippen LogP contribution in [0.3, 0.4) is 0 Å². The van der Waals surface area contributed by atoms with E-state index in [0.29, 0.717) is 44.5 Å². The van der Waals surface area contributed by atoms with E-state index >= 15 is 0 Å². The van der Waals surface area contributed by atoms with E-state index < -0.39 is 0 Å². The first-order valence-electron chi connectivity index (χ1n) is 7.93. The molecule has 0 bridgehead atoms. The van der Waals surface area contributed by atoms with Crippen LogP contribution in [0.5, 0.6) is 5.75 Å². The summed E-state index contributed by atoms with van der Waals surface area (Å²) in [5, 5.41) is 0. The molecule has 22 heavy (non-hydrogen) atoms. The van der Waals surface area contributed by atoms with Crippen LogP contribution >= 0.6 is 0 Å². The number of ether oxygens (including phenoxy) is 2. The lowest BCUT2D eigenvalue weighted by Gasteiger charge is -2.32. The number of rotatable bonds is 7. The Morgan fingerprint density at radius 3 is 3.09 bits per heavy atom. The maximum absolute atomic E-state index is 13.1. The van der Waals surface area contributed by atoms with Gasteiger partial charge in [-0.25, -0.2) is 4.39 Å². The molecule has 1 aliphatic rings. The third kappa shape index (κ3) is 5.30. The average Bonchev–Trinajstić information content (AvgIpc) is 2.53. The van der Waals surface area contributed by atoms with Crippen LogP contribution in [0.25, 0.3) is 0 Å². The Balaban J connectivity index is 1.76. The summed E-state index contributed by atoms with van der Waals surface area (Å²) >= 11 is 0. The fraction of sp³-hybridized carbons (Fsp3) is 0.588. The van der Waals surface area contributed by atoms with Gasteiger partial charge in [-0.2, -0.15) is 0 Å². The largest absolute Gasteiger partial charge is 0.493 e. The van der Waals surface area contributed by atoms with Gasteiger partial charge in [0.15, 0.2) is 0 Å². The van der Waals surface area contributed by atoms with Crippen LogP contribution in [-0.4, -0.2) is 43.7 Å². The van der Waals surface area contributed by atoms with Gasteiger partial charge in [0.05, 0.1) is 19.6 Å². The van der Waals surface area contributed by atoms with Gasteiger partial charge in [-0.15, -0.1) is 0 Å². The van der Waals surface area contributed by atoms with Crippen LogP contribution in [0.15, 0.2) is 24.3 Å². The highest BCUT2D eigenvalue weighted by molar-refractivity contribution is 5.76. The van der Waals surface area contributed by atoms with E-state index in [2.05, 4.69) is 0 Å². The number of likely N-dealkylation sites (tertiary alicyclic amines) is 1. The molecule has 1 atom stereocenters. The van der Waals surface area contributed by atoms with Crippen molar-refractivity contribution in [2.24, 2.45) is 5.92 Å². The van der Waals surface area contributed by atoms with Crippen molar-refractivity contribution in [2.45, 2.75) is 26.2 Å². The zero-order chi connectivity index (χ0) is 15.8. The third-order valence-electron chi connectivity index (χ3n) is 3.82. The van der Waals surface area contributed by atoms with Crippen LogP contribution in [0.2, 0.25) is 0 Å². The van der Waals surface area contributed by atoms with Gasteiger partial charge in [0.2, 0.25) is 5.91 Å². The number of hydrogen-bond donors (Lipinski definition) is 0. The Hall–Kier alpha value is -1.62. The quantitative estimate of drug-likeness (QED) is 0.727. The van der Waals surface area contributed by atoms with Gasteiger partial charge in [0, 0.05) is 31.7 Å². The molecule has 0 spiro atoms. The summed E-state index contributed by atoms with van der Waals surface area (Å²) < 4.78 is 24.0. The molecule has 0 unspecified atom stereocenters. The lowest BCUT2D eigenvalue weighted by atomic mass is 9.98. The highest BCUT2D eigenvalue weighted by Gasteiger charge is 2.23. The molecule has 0 N–H and O–H groups in total. The van der Waals surface area contributed by atoms with Gasteiger partial charge in [-0.1, -0.05) is 6.07 Å². The Kier molecular flexibility index (Phi) is 6.65. The lowest BCUT2D eigenvalue weighted by molar-refractivity contribution is -0.134. The molecule has 4 nitrogen and oxygen atoms in total. The van der Waals surface area contributed by atoms with Gasteiger partial charge in [-0.3, -0.25) is 4.79 Å². The zero-order valence-electron chi connectivity index (χ0n) is 13.1. The average molecular weight is 309 g/mol. The monoisotopic (exact) mass is 309 g/mol. The summed E-state index contributed by atoms with van der Waals surface area (Å²) in [6, 6.07) is 6.16. The molecule has 0 aliphatic carbocycles. The normalized spacial score (nSPS) is 18.3. The zero-order valence-corrected chi connectivity index (χ0v) is 13.1. The first-order chi connectivity index (χ1) is 10.7. The van der Waals surface area contributed by atoms with E-state index in [-0.39, 0.29) is 11.7 Å². The van der Waals surface area contributed by atoms with Crippen molar-refractivity contribution < 1.29 is 18.7 Å². The molecule has 1 aromatic rings. The second-order valence-electron chi connectivity index (χ2n) is 5.56. The Morgan fingerprint density at radius 1 is 1.45 bits per heavy atom. The molecule has 122 valence electrons. The summed E-state index contributed by atoms with van der Waals surface area (Å²) in [5.41, 5.74) is 0. The van der Waals surface area contributed by atoms with E-state index in [1.807, 2.05) is 11.8 Å². The number of carbonyl (C=O) groups excluding carboxylic acids is 1. The van der Waals surface area contributed by atoms with Crippen LogP contribution in [0.1, 0.15) is 26.2 Å². The summed E-state index contributed by atoms with van der Waals surface area (Å²) in [5.74, 6) is 0.686. The lowest BCUT2D eigenvalue weighted by Crippen LogP contribution is -2.41. The molecule has 1 amide bonds. The SMILES string of the molecule is CCOCCC(=O)N1CCC[C@@H](COc2cccc(F)c2)C1. The summed E-state index contributed by atoms with van der Waals surface area (Å²) in [6.07, 6.45) is 2.45. The van der Waals surface area contributed by atoms with E-state index in [0.717, 1.165) is 19.4 Å². The summed E-state index contributed by atoms with van der Waals surface area (Å²) in [7, 11) is 0. The van der Waals surface area contributed by atoms with Crippen molar-refractivity contribution in [3.05, 3.63) is 30.1 Å². The number of carbonyl (C=O) groups is 1. The minimum absolute atomic E-state index is 0.143. The van der Waals surface area contributed by atoms with Gasteiger partial charge < -0.3 is 14.4 Å². The predicted molar refractivity (Wildman–Crippen MR) is 82.3 cm³/mol. The minimum atomic E-state index is -0.297. The first-order valence-corrected chi connectivity index (χ1v) is 7.93.